The van der Waals surface area contributed by atoms with E-state index in [4.69, 9.17) is 11.5 Å². The predicted molar refractivity (Wildman–Crippen MR) is 73.7 cm³/mol. The lowest BCUT2D eigenvalue weighted by atomic mass is 10.1. The topological polar surface area (TPSA) is 75.6 Å². The molecule has 1 heterocycles. The van der Waals surface area contributed by atoms with Gasteiger partial charge in [0.05, 0.1) is 16.9 Å². The summed E-state index contributed by atoms with van der Waals surface area (Å²) in [5.41, 5.74) is 13.2. The van der Waals surface area contributed by atoms with Crippen molar-refractivity contribution >= 4 is 17.3 Å². The largest absolute Gasteiger partial charge is 0.396 e. The minimum atomic E-state index is -0.475. The maximum atomic E-state index is 11.3. The fourth-order valence-electron chi connectivity index (χ4n) is 2.31. The SMILES string of the molecule is CC1CN(c2cccc(C(N)=O)c2N)CCN1C. The first-order valence-corrected chi connectivity index (χ1v) is 6.14. The Balaban J connectivity index is 2.29. The molecule has 5 nitrogen and oxygen atoms in total. The van der Waals surface area contributed by atoms with Gasteiger partial charge in [0.15, 0.2) is 0 Å². The lowest BCUT2D eigenvalue weighted by Gasteiger charge is -2.39. The van der Waals surface area contributed by atoms with Crippen molar-refractivity contribution in [1.29, 1.82) is 0 Å². The molecule has 0 aliphatic carbocycles. The van der Waals surface area contributed by atoms with Gasteiger partial charge < -0.3 is 21.3 Å². The Morgan fingerprint density at radius 3 is 2.72 bits per heavy atom. The molecule has 1 aromatic rings. The number of carbonyl (C=O) groups is 1. The Hall–Kier alpha value is -1.75. The number of nitrogens with two attached hydrogens (primary N) is 2. The number of nitrogens with zero attached hydrogens (tertiary/aromatic N) is 2. The molecule has 0 bridgehead atoms. The minimum Gasteiger partial charge on any atom is -0.396 e. The molecule has 18 heavy (non-hydrogen) atoms. The van der Waals surface area contributed by atoms with E-state index >= 15 is 0 Å². The van der Waals surface area contributed by atoms with E-state index in [-0.39, 0.29) is 0 Å². The highest BCUT2D eigenvalue weighted by molar-refractivity contribution is 6.00. The Bertz CT molecular complexity index is 460. The van der Waals surface area contributed by atoms with E-state index in [1.807, 2.05) is 12.1 Å². The van der Waals surface area contributed by atoms with Gasteiger partial charge in [-0.3, -0.25) is 4.79 Å². The molecule has 0 spiro atoms. The number of amides is 1. The summed E-state index contributed by atoms with van der Waals surface area (Å²) in [6.45, 7) is 4.98. The predicted octanol–water partition coefficient (Wildman–Crippen LogP) is 0.508. The minimum absolute atomic E-state index is 0.402. The van der Waals surface area contributed by atoms with Gasteiger partial charge in [-0.1, -0.05) is 6.07 Å². The highest BCUT2D eigenvalue weighted by Gasteiger charge is 2.23. The Kier molecular flexibility index (Phi) is 3.43. The van der Waals surface area contributed by atoms with Gasteiger partial charge >= 0.3 is 0 Å². The van der Waals surface area contributed by atoms with E-state index in [0.29, 0.717) is 17.3 Å². The van der Waals surface area contributed by atoms with Crippen molar-refractivity contribution in [3.05, 3.63) is 23.8 Å². The van der Waals surface area contributed by atoms with Crippen LogP contribution in [0.4, 0.5) is 11.4 Å². The molecule has 2 rings (SSSR count). The monoisotopic (exact) mass is 248 g/mol. The van der Waals surface area contributed by atoms with Crippen LogP contribution in [0, 0.1) is 0 Å². The Labute approximate surface area is 107 Å². The first-order chi connectivity index (χ1) is 8.50. The average molecular weight is 248 g/mol. The number of piperazine rings is 1. The zero-order valence-electron chi connectivity index (χ0n) is 10.9. The number of hydrogen-bond donors (Lipinski definition) is 2. The van der Waals surface area contributed by atoms with Crippen molar-refractivity contribution in [1.82, 2.24) is 4.90 Å². The van der Waals surface area contributed by atoms with Gasteiger partial charge in [0, 0.05) is 25.7 Å². The van der Waals surface area contributed by atoms with Crippen molar-refractivity contribution < 1.29 is 4.79 Å². The number of likely N-dealkylation sites (N-methyl/N-ethyl adjacent to an activating group) is 1. The normalized spacial score (nSPS) is 21.0. The van der Waals surface area contributed by atoms with E-state index in [1.165, 1.54) is 0 Å². The van der Waals surface area contributed by atoms with Gasteiger partial charge in [0.2, 0.25) is 0 Å². The first kappa shape index (κ1) is 12.7. The summed E-state index contributed by atoms with van der Waals surface area (Å²) < 4.78 is 0. The summed E-state index contributed by atoms with van der Waals surface area (Å²) in [5, 5.41) is 0. The fraction of sp³-hybridized carbons (Fsp3) is 0.462. The highest BCUT2D eigenvalue weighted by atomic mass is 16.1. The van der Waals surface area contributed by atoms with Crippen LogP contribution in [0.25, 0.3) is 0 Å². The number of rotatable bonds is 2. The third-order valence-corrected chi connectivity index (χ3v) is 3.65. The average Bonchev–Trinajstić information content (AvgIpc) is 2.33. The van der Waals surface area contributed by atoms with E-state index in [0.717, 1.165) is 25.3 Å². The molecule has 1 aromatic carbocycles. The van der Waals surface area contributed by atoms with Crippen LogP contribution in [0.1, 0.15) is 17.3 Å². The number of primary amides is 1. The molecule has 0 radical (unpaired) electrons. The quantitative estimate of drug-likeness (QED) is 0.748. The third kappa shape index (κ3) is 2.26. The smallest absolute Gasteiger partial charge is 0.250 e. The standard InChI is InChI=1S/C13H20N4O/c1-9-8-17(7-6-16(9)2)11-5-3-4-10(12(11)14)13(15)18/h3-5,9H,6-8,14H2,1-2H3,(H2,15,18). The summed E-state index contributed by atoms with van der Waals surface area (Å²) in [6, 6.07) is 5.91. The molecule has 1 aliphatic heterocycles. The van der Waals surface area contributed by atoms with Crippen LogP contribution >= 0.6 is 0 Å². The molecule has 0 aromatic heterocycles. The maximum absolute atomic E-state index is 11.3. The lowest BCUT2D eigenvalue weighted by molar-refractivity contribution is 0.100. The molecule has 1 aliphatic rings. The first-order valence-electron chi connectivity index (χ1n) is 6.14. The summed E-state index contributed by atoms with van der Waals surface area (Å²) in [6.07, 6.45) is 0. The van der Waals surface area contributed by atoms with Crippen LogP contribution in [0.5, 0.6) is 0 Å². The van der Waals surface area contributed by atoms with Gasteiger partial charge in [0.1, 0.15) is 0 Å². The summed E-state index contributed by atoms with van der Waals surface area (Å²) in [4.78, 5) is 15.8. The van der Waals surface area contributed by atoms with Crippen molar-refractivity contribution in [2.75, 3.05) is 37.3 Å². The molecule has 1 atom stereocenters. The summed E-state index contributed by atoms with van der Waals surface area (Å²) in [5.74, 6) is -0.475. The molecular formula is C13H20N4O. The molecule has 1 unspecified atom stereocenters. The van der Waals surface area contributed by atoms with Crippen LogP contribution in [0.2, 0.25) is 0 Å². The zero-order valence-corrected chi connectivity index (χ0v) is 10.9. The number of nitrogen functional groups attached to an aromatic ring is 1. The molecule has 1 saturated heterocycles. The second kappa shape index (κ2) is 4.86. The van der Waals surface area contributed by atoms with Gasteiger partial charge in [-0.15, -0.1) is 0 Å². The second-order valence-corrected chi connectivity index (χ2v) is 4.88. The number of anilines is 2. The highest BCUT2D eigenvalue weighted by Crippen LogP contribution is 2.28. The molecular weight excluding hydrogens is 228 g/mol. The van der Waals surface area contributed by atoms with E-state index < -0.39 is 5.91 Å². The van der Waals surface area contributed by atoms with Crippen LogP contribution in [0.3, 0.4) is 0 Å². The van der Waals surface area contributed by atoms with Crippen molar-refractivity contribution in [3.63, 3.8) is 0 Å². The van der Waals surface area contributed by atoms with E-state index in [9.17, 15) is 4.79 Å². The summed E-state index contributed by atoms with van der Waals surface area (Å²) >= 11 is 0. The number of benzene rings is 1. The van der Waals surface area contributed by atoms with Gasteiger partial charge in [-0.05, 0) is 26.1 Å². The lowest BCUT2D eigenvalue weighted by Crippen LogP contribution is -2.50. The van der Waals surface area contributed by atoms with Crippen LogP contribution in [-0.4, -0.2) is 43.5 Å². The fourth-order valence-corrected chi connectivity index (χ4v) is 2.31. The number of para-hydroxylation sites is 1. The third-order valence-electron chi connectivity index (χ3n) is 3.65. The van der Waals surface area contributed by atoms with E-state index in [1.54, 1.807) is 6.07 Å². The summed E-state index contributed by atoms with van der Waals surface area (Å²) in [7, 11) is 2.12. The van der Waals surface area contributed by atoms with Crippen LogP contribution in [-0.2, 0) is 0 Å². The number of hydrogen-bond acceptors (Lipinski definition) is 4. The van der Waals surface area contributed by atoms with E-state index in [2.05, 4.69) is 23.8 Å². The van der Waals surface area contributed by atoms with Crippen LogP contribution < -0.4 is 16.4 Å². The molecule has 0 saturated carbocycles. The molecule has 1 amide bonds. The second-order valence-electron chi connectivity index (χ2n) is 4.88. The molecule has 4 N–H and O–H groups in total. The zero-order chi connectivity index (χ0) is 13.3. The maximum Gasteiger partial charge on any atom is 0.250 e. The van der Waals surface area contributed by atoms with Crippen molar-refractivity contribution in [2.45, 2.75) is 13.0 Å². The Morgan fingerprint density at radius 2 is 2.11 bits per heavy atom. The Morgan fingerprint density at radius 1 is 1.39 bits per heavy atom. The van der Waals surface area contributed by atoms with Crippen molar-refractivity contribution in [3.8, 4) is 0 Å². The number of carbonyl (C=O) groups excluding carboxylic acids is 1. The van der Waals surface area contributed by atoms with Crippen LogP contribution in [0.15, 0.2) is 18.2 Å². The van der Waals surface area contributed by atoms with Gasteiger partial charge in [0.25, 0.3) is 5.91 Å². The molecule has 5 heteroatoms. The van der Waals surface area contributed by atoms with Gasteiger partial charge in [-0.2, -0.15) is 0 Å². The molecule has 98 valence electrons. The molecule has 1 fully saturated rings. The van der Waals surface area contributed by atoms with Crippen molar-refractivity contribution in [2.24, 2.45) is 5.73 Å². The van der Waals surface area contributed by atoms with Gasteiger partial charge in [-0.25, -0.2) is 0 Å².